The van der Waals surface area contributed by atoms with Crippen LogP contribution in [0.25, 0.3) is 11.4 Å². The molecule has 0 aliphatic carbocycles. The van der Waals surface area contributed by atoms with Crippen molar-refractivity contribution < 1.29 is 9.47 Å². The smallest absolute Gasteiger partial charge is 0.187 e. The monoisotopic (exact) mass is 289 g/mol. The summed E-state index contributed by atoms with van der Waals surface area (Å²) in [6.45, 7) is 2.38. The fraction of sp³-hybridized carbons (Fsp3) is 0.500. The molecule has 0 saturated carbocycles. The zero-order chi connectivity index (χ0) is 14.7. The molecule has 1 saturated heterocycles. The van der Waals surface area contributed by atoms with Gasteiger partial charge in [0.05, 0.1) is 12.7 Å². The van der Waals surface area contributed by atoms with E-state index >= 15 is 0 Å². The highest BCUT2D eigenvalue weighted by molar-refractivity contribution is 5.77. The van der Waals surface area contributed by atoms with Gasteiger partial charge in [0.15, 0.2) is 5.82 Å². The molecule has 112 valence electrons. The lowest BCUT2D eigenvalue weighted by molar-refractivity contribution is 0.0601. The maximum absolute atomic E-state index is 6.08. The van der Waals surface area contributed by atoms with Crippen molar-refractivity contribution in [2.45, 2.75) is 19.4 Å². The molecule has 1 aromatic carbocycles. The second-order valence-electron chi connectivity index (χ2n) is 5.16. The van der Waals surface area contributed by atoms with Gasteiger partial charge in [0.2, 0.25) is 0 Å². The first-order valence-electron chi connectivity index (χ1n) is 7.06. The van der Waals surface area contributed by atoms with Gasteiger partial charge in [-0.2, -0.15) is 0 Å². The Hall–Kier alpha value is -2.15. The summed E-state index contributed by atoms with van der Waals surface area (Å²) in [6.07, 6.45) is 2.06. The van der Waals surface area contributed by atoms with Crippen LogP contribution >= 0.6 is 0 Å². The Kier molecular flexibility index (Phi) is 4.01. The maximum Gasteiger partial charge on any atom is 0.187 e. The maximum atomic E-state index is 6.08. The summed E-state index contributed by atoms with van der Waals surface area (Å²) in [5.74, 6) is 1.85. The molecule has 21 heavy (non-hydrogen) atoms. The summed E-state index contributed by atoms with van der Waals surface area (Å²) in [5, 5.41) is 12.0. The van der Waals surface area contributed by atoms with Crippen LogP contribution in [0.15, 0.2) is 18.2 Å². The standard InChI is InChI=1S/C14H19N5O2/c1-20-12-4-2-3-11(15)13(12)14-16-17-18-19(14)9-10-5-7-21-8-6-10/h2-4,10H,5-9,15H2,1H3. The van der Waals surface area contributed by atoms with Crippen molar-refractivity contribution in [3.05, 3.63) is 18.2 Å². The SMILES string of the molecule is COc1cccc(N)c1-c1nnnn1CC1CCOCC1. The number of hydrogen-bond acceptors (Lipinski definition) is 6. The van der Waals surface area contributed by atoms with Gasteiger partial charge in [-0.15, -0.1) is 5.10 Å². The first-order valence-corrected chi connectivity index (χ1v) is 7.06. The number of benzene rings is 1. The molecule has 0 bridgehead atoms. The predicted octanol–water partition coefficient (Wildman–Crippen LogP) is 1.36. The van der Waals surface area contributed by atoms with Crippen LogP contribution < -0.4 is 10.5 Å². The molecule has 7 nitrogen and oxygen atoms in total. The van der Waals surface area contributed by atoms with Gasteiger partial charge in [-0.3, -0.25) is 0 Å². The number of rotatable bonds is 4. The first-order chi connectivity index (χ1) is 10.3. The summed E-state index contributed by atoms with van der Waals surface area (Å²) in [5.41, 5.74) is 7.44. The van der Waals surface area contributed by atoms with E-state index in [-0.39, 0.29) is 0 Å². The van der Waals surface area contributed by atoms with Crippen LogP contribution in [0.4, 0.5) is 5.69 Å². The molecule has 0 atom stereocenters. The third-order valence-corrected chi connectivity index (χ3v) is 3.81. The van der Waals surface area contributed by atoms with Crippen molar-refractivity contribution in [3.8, 4) is 17.1 Å². The van der Waals surface area contributed by atoms with Crippen LogP contribution in [0.2, 0.25) is 0 Å². The third-order valence-electron chi connectivity index (χ3n) is 3.81. The number of methoxy groups -OCH3 is 1. The molecule has 1 aliphatic rings. The van der Waals surface area contributed by atoms with Crippen LogP contribution in [0, 0.1) is 5.92 Å². The van der Waals surface area contributed by atoms with Crippen molar-refractivity contribution in [2.24, 2.45) is 5.92 Å². The Morgan fingerprint density at radius 3 is 2.95 bits per heavy atom. The summed E-state index contributed by atoms with van der Waals surface area (Å²) in [4.78, 5) is 0. The van der Waals surface area contributed by atoms with Crippen molar-refractivity contribution in [2.75, 3.05) is 26.1 Å². The van der Waals surface area contributed by atoms with Gasteiger partial charge in [0.1, 0.15) is 5.75 Å². The number of ether oxygens (including phenoxy) is 2. The van der Waals surface area contributed by atoms with Gasteiger partial charge < -0.3 is 15.2 Å². The predicted molar refractivity (Wildman–Crippen MR) is 77.8 cm³/mol. The Morgan fingerprint density at radius 1 is 1.38 bits per heavy atom. The molecule has 2 N–H and O–H groups in total. The highest BCUT2D eigenvalue weighted by atomic mass is 16.5. The molecule has 1 aromatic heterocycles. The minimum absolute atomic E-state index is 0.525. The molecular weight excluding hydrogens is 270 g/mol. The first kappa shape index (κ1) is 13.8. The summed E-state index contributed by atoms with van der Waals surface area (Å²) < 4.78 is 12.6. The minimum Gasteiger partial charge on any atom is -0.496 e. The van der Waals surface area contributed by atoms with E-state index in [4.69, 9.17) is 15.2 Å². The van der Waals surface area contributed by atoms with E-state index in [9.17, 15) is 0 Å². The summed E-state index contributed by atoms with van der Waals surface area (Å²) in [6, 6.07) is 5.54. The molecule has 3 rings (SSSR count). The zero-order valence-corrected chi connectivity index (χ0v) is 12.0. The number of nitrogen functional groups attached to an aromatic ring is 1. The topological polar surface area (TPSA) is 88.1 Å². The van der Waals surface area contributed by atoms with Crippen LogP contribution in [0.3, 0.4) is 0 Å². The van der Waals surface area contributed by atoms with E-state index in [1.807, 2.05) is 22.9 Å². The average Bonchev–Trinajstić information content (AvgIpc) is 2.95. The number of hydrogen-bond donors (Lipinski definition) is 1. The van der Waals surface area contributed by atoms with Gasteiger partial charge in [-0.25, -0.2) is 4.68 Å². The lowest BCUT2D eigenvalue weighted by Gasteiger charge is -2.22. The van der Waals surface area contributed by atoms with Gasteiger partial charge in [0, 0.05) is 25.4 Å². The molecule has 2 aromatic rings. The van der Waals surface area contributed by atoms with Crippen LogP contribution in [0.1, 0.15) is 12.8 Å². The Balaban J connectivity index is 1.91. The van der Waals surface area contributed by atoms with Crippen molar-refractivity contribution in [3.63, 3.8) is 0 Å². The molecule has 1 fully saturated rings. The number of aromatic nitrogens is 4. The quantitative estimate of drug-likeness (QED) is 0.855. The fourth-order valence-corrected chi connectivity index (χ4v) is 2.64. The molecule has 0 spiro atoms. The lowest BCUT2D eigenvalue weighted by Crippen LogP contribution is -2.21. The van der Waals surface area contributed by atoms with E-state index in [1.54, 1.807) is 7.11 Å². The molecule has 0 unspecified atom stereocenters. The van der Waals surface area contributed by atoms with Crippen LogP contribution in [0.5, 0.6) is 5.75 Å². The minimum atomic E-state index is 0.525. The second kappa shape index (κ2) is 6.09. The van der Waals surface area contributed by atoms with Gasteiger partial charge in [0.25, 0.3) is 0 Å². The fourth-order valence-electron chi connectivity index (χ4n) is 2.64. The highest BCUT2D eigenvalue weighted by Gasteiger charge is 2.21. The van der Waals surface area contributed by atoms with Gasteiger partial charge >= 0.3 is 0 Å². The van der Waals surface area contributed by atoms with E-state index in [0.717, 1.165) is 38.2 Å². The van der Waals surface area contributed by atoms with Gasteiger partial charge in [-0.1, -0.05) is 6.07 Å². The third kappa shape index (κ3) is 2.82. The van der Waals surface area contributed by atoms with E-state index in [2.05, 4.69) is 15.5 Å². The summed E-state index contributed by atoms with van der Waals surface area (Å²) >= 11 is 0. The van der Waals surface area contributed by atoms with Gasteiger partial charge in [-0.05, 0) is 41.3 Å². The van der Waals surface area contributed by atoms with E-state index < -0.39 is 0 Å². The van der Waals surface area contributed by atoms with Crippen LogP contribution in [-0.2, 0) is 11.3 Å². The number of nitrogens with zero attached hydrogens (tertiary/aromatic N) is 4. The molecule has 1 aliphatic heterocycles. The van der Waals surface area contributed by atoms with E-state index in [1.165, 1.54) is 0 Å². The van der Waals surface area contributed by atoms with Crippen molar-refractivity contribution in [1.82, 2.24) is 20.2 Å². The zero-order valence-electron chi connectivity index (χ0n) is 12.0. The molecule has 2 heterocycles. The second-order valence-corrected chi connectivity index (χ2v) is 5.16. The summed E-state index contributed by atoms with van der Waals surface area (Å²) in [7, 11) is 1.62. The van der Waals surface area contributed by atoms with Crippen LogP contribution in [-0.4, -0.2) is 40.5 Å². The number of tetrazole rings is 1. The Labute approximate surface area is 123 Å². The molecular formula is C14H19N5O2. The van der Waals surface area contributed by atoms with Crippen molar-refractivity contribution >= 4 is 5.69 Å². The highest BCUT2D eigenvalue weighted by Crippen LogP contribution is 2.33. The molecule has 0 amide bonds. The molecule has 0 radical (unpaired) electrons. The number of anilines is 1. The lowest BCUT2D eigenvalue weighted by atomic mass is 10.0. The van der Waals surface area contributed by atoms with Crippen molar-refractivity contribution in [1.29, 1.82) is 0 Å². The largest absolute Gasteiger partial charge is 0.496 e. The normalized spacial score (nSPS) is 16.0. The molecule has 7 heteroatoms. The average molecular weight is 289 g/mol. The van der Waals surface area contributed by atoms with E-state index in [0.29, 0.717) is 23.2 Å². The number of nitrogens with two attached hydrogens (primary N) is 1. The Bertz CT molecular complexity index is 607. The Morgan fingerprint density at radius 2 is 2.19 bits per heavy atom.